The molecular weight excluding hydrogens is 343 g/mol. The lowest BCUT2D eigenvalue weighted by Gasteiger charge is -2.18. The molecule has 0 spiro atoms. The first-order chi connectivity index (χ1) is 12.7. The van der Waals surface area contributed by atoms with Gasteiger partial charge in [-0.05, 0) is 19.3 Å². The Hall–Kier alpha value is 0.150. The number of unbranched alkanes of at least 4 members (excludes halogenated alkanes) is 13. The predicted octanol–water partition coefficient (Wildman–Crippen LogP) is 8.51. The van der Waals surface area contributed by atoms with Crippen LogP contribution in [0.5, 0.6) is 0 Å². The van der Waals surface area contributed by atoms with Crippen LogP contribution in [0, 0.1) is 0 Å². The zero-order valence-corrected chi connectivity index (χ0v) is 19.0. The van der Waals surface area contributed by atoms with E-state index in [1.54, 1.807) is 0 Å². The first-order valence-corrected chi connectivity index (χ1v) is 13.3. The summed E-state index contributed by atoms with van der Waals surface area (Å²) in [6.45, 7) is 7.77. The van der Waals surface area contributed by atoms with Crippen LogP contribution in [-0.4, -0.2) is 19.4 Å². The number of hydrogen-bond donors (Lipinski definition) is 0. The summed E-state index contributed by atoms with van der Waals surface area (Å²) in [6, 6.07) is 0. The second-order valence-electron chi connectivity index (χ2n) is 7.60. The fourth-order valence-corrected chi connectivity index (χ4v) is 4.89. The third kappa shape index (κ3) is 17.6. The van der Waals surface area contributed by atoms with Gasteiger partial charge < -0.3 is 9.05 Å². The summed E-state index contributed by atoms with van der Waals surface area (Å²) in [4.78, 5) is 0. The highest BCUT2D eigenvalue weighted by Crippen LogP contribution is 2.49. The molecule has 0 saturated carbocycles. The van der Waals surface area contributed by atoms with Crippen LogP contribution in [0.2, 0.25) is 0 Å². The van der Waals surface area contributed by atoms with Gasteiger partial charge in [-0.15, -0.1) is 0 Å². The van der Waals surface area contributed by atoms with Crippen LogP contribution in [0.25, 0.3) is 0 Å². The SMILES string of the molecule is CCCCCCCCCCCOP(=O)(CCCC)OCCCCCCC. The molecule has 3 nitrogen and oxygen atoms in total. The Balaban J connectivity index is 3.76. The largest absolute Gasteiger partial charge is 0.330 e. The molecule has 0 N–H and O–H groups in total. The Kier molecular flexibility index (Phi) is 20.0. The lowest BCUT2D eigenvalue weighted by Crippen LogP contribution is -2.03. The van der Waals surface area contributed by atoms with Crippen LogP contribution in [0.15, 0.2) is 0 Å². The predicted molar refractivity (Wildman–Crippen MR) is 115 cm³/mol. The summed E-state index contributed by atoms with van der Waals surface area (Å²) >= 11 is 0. The summed E-state index contributed by atoms with van der Waals surface area (Å²) in [5, 5.41) is 0. The third-order valence-electron chi connectivity index (χ3n) is 4.86. The molecule has 0 amide bonds. The Morgan fingerprint density at radius 1 is 0.500 bits per heavy atom. The van der Waals surface area contributed by atoms with Crippen molar-refractivity contribution in [2.24, 2.45) is 0 Å². The standard InChI is InChI=1S/C22H47O3P/c1-4-7-10-12-13-14-15-17-19-21-25-26(23,22-9-6-3)24-20-18-16-11-8-5-2/h4-22H2,1-3H3. The first-order valence-electron chi connectivity index (χ1n) is 11.6. The van der Waals surface area contributed by atoms with E-state index in [0.29, 0.717) is 19.4 Å². The molecule has 0 bridgehead atoms. The van der Waals surface area contributed by atoms with Gasteiger partial charge in [0.1, 0.15) is 0 Å². The van der Waals surface area contributed by atoms with E-state index in [0.717, 1.165) is 25.7 Å². The minimum absolute atomic E-state index is 0.579. The van der Waals surface area contributed by atoms with Gasteiger partial charge in [-0.3, -0.25) is 4.57 Å². The van der Waals surface area contributed by atoms with Gasteiger partial charge in [0.05, 0.1) is 19.4 Å². The van der Waals surface area contributed by atoms with E-state index in [9.17, 15) is 4.57 Å². The molecule has 158 valence electrons. The molecule has 1 unspecified atom stereocenters. The quantitative estimate of drug-likeness (QED) is 0.145. The summed E-state index contributed by atoms with van der Waals surface area (Å²) < 4.78 is 24.3. The maximum Gasteiger partial charge on any atom is 0.330 e. The molecule has 4 heteroatoms. The molecule has 0 aromatic carbocycles. The average molecular weight is 391 g/mol. The average Bonchev–Trinajstić information content (AvgIpc) is 2.64. The van der Waals surface area contributed by atoms with Gasteiger partial charge in [-0.25, -0.2) is 0 Å². The minimum Gasteiger partial charge on any atom is -0.309 e. The fraction of sp³-hybridized carbons (Fsp3) is 1.00. The normalized spacial score (nSPS) is 13.8. The summed E-state index contributed by atoms with van der Waals surface area (Å²) in [5.74, 6) is 0. The van der Waals surface area contributed by atoms with Crippen molar-refractivity contribution in [1.29, 1.82) is 0 Å². The summed E-state index contributed by atoms with van der Waals surface area (Å²) in [5.41, 5.74) is 0. The molecule has 0 aliphatic heterocycles. The molecule has 0 fully saturated rings. The zero-order valence-electron chi connectivity index (χ0n) is 18.1. The molecule has 0 saturated heterocycles. The van der Waals surface area contributed by atoms with Crippen molar-refractivity contribution < 1.29 is 13.6 Å². The smallest absolute Gasteiger partial charge is 0.309 e. The van der Waals surface area contributed by atoms with E-state index in [2.05, 4.69) is 20.8 Å². The maximum absolute atomic E-state index is 12.9. The molecule has 0 heterocycles. The van der Waals surface area contributed by atoms with Gasteiger partial charge in [0, 0.05) is 0 Å². The van der Waals surface area contributed by atoms with E-state index in [-0.39, 0.29) is 0 Å². The van der Waals surface area contributed by atoms with Crippen LogP contribution in [0.1, 0.15) is 124 Å². The van der Waals surface area contributed by atoms with Crippen molar-refractivity contribution in [3.05, 3.63) is 0 Å². The lowest BCUT2D eigenvalue weighted by atomic mass is 10.1. The first kappa shape index (κ1) is 26.1. The van der Waals surface area contributed by atoms with Crippen LogP contribution in [-0.2, 0) is 13.6 Å². The molecular formula is C22H47O3P. The van der Waals surface area contributed by atoms with Crippen LogP contribution in [0.4, 0.5) is 0 Å². The van der Waals surface area contributed by atoms with Gasteiger partial charge >= 0.3 is 7.60 Å². The molecule has 0 radical (unpaired) electrons. The second-order valence-corrected chi connectivity index (χ2v) is 9.78. The molecule has 0 rings (SSSR count). The van der Waals surface area contributed by atoms with Crippen LogP contribution < -0.4 is 0 Å². The Morgan fingerprint density at radius 3 is 1.23 bits per heavy atom. The van der Waals surface area contributed by atoms with Crippen LogP contribution >= 0.6 is 7.60 Å². The highest BCUT2D eigenvalue weighted by Gasteiger charge is 2.23. The van der Waals surface area contributed by atoms with Gasteiger partial charge in [0.25, 0.3) is 0 Å². The zero-order chi connectivity index (χ0) is 19.3. The molecule has 0 aliphatic carbocycles. The van der Waals surface area contributed by atoms with E-state index in [1.807, 2.05) is 0 Å². The summed E-state index contributed by atoms with van der Waals surface area (Å²) in [7, 11) is -2.87. The summed E-state index contributed by atoms with van der Waals surface area (Å²) in [6.07, 6.45) is 20.1. The van der Waals surface area contributed by atoms with Crippen LogP contribution in [0.3, 0.4) is 0 Å². The second kappa shape index (κ2) is 19.9. The minimum atomic E-state index is -2.87. The van der Waals surface area contributed by atoms with E-state index < -0.39 is 7.60 Å². The maximum atomic E-state index is 12.9. The number of rotatable bonds is 21. The van der Waals surface area contributed by atoms with Crippen molar-refractivity contribution in [2.75, 3.05) is 19.4 Å². The molecule has 0 aromatic rings. The topological polar surface area (TPSA) is 35.5 Å². The molecule has 1 atom stereocenters. The Labute approximate surface area is 164 Å². The van der Waals surface area contributed by atoms with Gasteiger partial charge in [0.15, 0.2) is 0 Å². The van der Waals surface area contributed by atoms with Gasteiger partial charge in [-0.2, -0.15) is 0 Å². The van der Waals surface area contributed by atoms with E-state index in [1.165, 1.54) is 77.0 Å². The molecule has 0 aliphatic rings. The van der Waals surface area contributed by atoms with E-state index >= 15 is 0 Å². The van der Waals surface area contributed by atoms with E-state index in [4.69, 9.17) is 9.05 Å². The fourth-order valence-electron chi connectivity index (χ4n) is 3.04. The highest BCUT2D eigenvalue weighted by atomic mass is 31.2. The molecule has 0 aromatic heterocycles. The highest BCUT2D eigenvalue weighted by molar-refractivity contribution is 7.53. The molecule has 26 heavy (non-hydrogen) atoms. The lowest BCUT2D eigenvalue weighted by molar-refractivity contribution is 0.197. The van der Waals surface area contributed by atoms with Crippen molar-refractivity contribution in [3.63, 3.8) is 0 Å². The van der Waals surface area contributed by atoms with Crippen molar-refractivity contribution in [2.45, 2.75) is 124 Å². The van der Waals surface area contributed by atoms with Gasteiger partial charge in [0.2, 0.25) is 0 Å². The van der Waals surface area contributed by atoms with Gasteiger partial charge in [-0.1, -0.05) is 104 Å². The monoisotopic (exact) mass is 390 g/mol. The van der Waals surface area contributed by atoms with Crippen molar-refractivity contribution >= 4 is 7.60 Å². The van der Waals surface area contributed by atoms with Crippen molar-refractivity contribution in [1.82, 2.24) is 0 Å². The Morgan fingerprint density at radius 2 is 0.846 bits per heavy atom. The van der Waals surface area contributed by atoms with Crippen molar-refractivity contribution in [3.8, 4) is 0 Å². The number of hydrogen-bond acceptors (Lipinski definition) is 3. The third-order valence-corrected chi connectivity index (χ3v) is 6.87. The Bertz CT molecular complexity index is 321.